The SMILES string of the molecule is Cc1ncc([N+](=O)[O-])cc1C(=O)NCc1cccc(OC2CCCCC2)c1. The van der Waals surface area contributed by atoms with E-state index in [4.69, 9.17) is 4.74 Å². The van der Waals surface area contributed by atoms with E-state index in [2.05, 4.69) is 10.3 Å². The fourth-order valence-electron chi connectivity index (χ4n) is 3.23. The molecule has 1 N–H and O–H groups in total. The minimum Gasteiger partial charge on any atom is -0.490 e. The van der Waals surface area contributed by atoms with Gasteiger partial charge in [0.1, 0.15) is 11.9 Å². The number of nitrogens with zero attached hydrogens (tertiary/aromatic N) is 2. The summed E-state index contributed by atoms with van der Waals surface area (Å²) in [6, 6.07) is 8.91. The Balaban J connectivity index is 1.63. The number of ether oxygens (including phenoxy) is 1. The number of benzene rings is 1. The number of hydrogen-bond donors (Lipinski definition) is 1. The minimum absolute atomic E-state index is 0.200. The Morgan fingerprint density at radius 2 is 2.07 bits per heavy atom. The summed E-state index contributed by atoms with van der Waals surface area (Å²) in [6.45, 7) is 1.96. The van der Waals surface area contributed by atoms with Crippen LogP contribution in [0.2, 0.25) is 0 Å². The van der Waals surface area contributed by atoms with Crippen LogP contribution < -0.4 is 10.1 Å². The molecular weight excluding hydrogens is 346 g/mol. The van der Waals surface area contributed by atoms with Crippen molar-refractivity contribution in [2.75, 3.05) is 0 Å². The fourth-order valence-corrected chi connectivity index (χ4v) is 3.23. The first kappa shape index (κ1) is 18.8. The van der Waals surface area contributed by atoms with Crippen molar-refractivity contribution in [1.82, 2.24) is 10.3 Å². The molecule has 2 aromatic rings. The van der Waals surface area contributed by atoms with Crippen LogP contribution in [0.4, 0.5) is 5.69 Å². The lowest BCUT2D eigenvalue weighted by atomic mass is 9.98. The molecule has 1 saturated carbocycles. The van der Waals surface area contributed by atoms with Crippen LogP contribution in [-0.4, -0.2) is 21.9 Å². The third-order valence-corrected chi connectivity index (χ3v) is 4.73. The van der Waals surface area contributed by atoms with Crippen molar-refractivity contribution in [3.05, 3.63) is 63.5 Å². The average molecular weight is 369 g/mol. The van der Waals surface area contributed by atoms with Crippen molar-refractivity contribution in [3.8, 4) is 5.75 Å². The minimum atomic E-state index is -0.560. The van der Waals surface area contributed by atoms with Gasteiger partial charge in [-0.15, -0.1) is 0 Å². The molecule has 27 heavy (non-hydrogen) atoms. The molecule has 1 heterocycles. The molecule has 0 unspecified atom stereocenters. The highest BCUT2D eigenvalue weighted by atomic mass is 16.6. The van der Waals surface area contributed by atoms with Crippen molar-refractivity contribution in [2.24, 2.45) is 0 Å². The van der Waals surface area contributed by atoms with Crippen LogP contribution in [0.1, 0.15) is 53.7 Å². The number of amides is 1. The van der Waals surface area contributed by atoms with E-state index in [0.29, 0.717) is 12.2 Å². The van der Waals surface area contributed by atoms with E-state index in [9.17, 15) is 14.9 Å². The van der Waals surface area contributed by atoms with Gasteiger partial charge in [0.25, 0.3) is 11.6 Å². The van der Waals surface area contributed by atoms with Crippen LogP contribution >= 0.6 is 0 Å². The zero-order chi connectivity index (χ0) is 19.2. The van der Waals surface area contributed by atoms with Gasteiger partial charge < -0.3 is 10.1 Å². The lowest BCUT2D eigenvalue weighted by Crippen LogP contribution is -2.24. The molecule has 0 aliphatic heterocycles. The normalized spacial score (nSPS) is 14.6. The van der Waals surface area contributed by atoms with E-state index in [1.807, 2.05) is 24.3 Å². The summed E-state index contributed by atoms with van der Waals surface area (Å²) in [7, 11) is 0. The molecule has 1 aliphatic rings. The van der Waals surface area contributed by atoms with Crippen LogP contribution in [-0.2, 0) is 6.54 Å². The highest BCUT2D eigenvalue weighted by molar-refractivity contribution is 5.95. The number of hydrogen-bond acceptors (Lipinski definition) is 5. The smallest absolute Gasteiger partial charge is 0.288 e. The van der Waals surface area contributed by atoms with Gasteiger partial charge in [0.05, 0.1) is 22.3 Å². The third kappa shape index (κ3) is 5.03. The first-order valence-electron chi connectivity index (χ1n) is 9.18. The Hall–Kier alpha value is -2.96. The molecule has 1 aliphatic carbocycles. The second kappa shape index (κ2) is 8.62. The number of carbonyl (C=O) groups excluding carboxylic acids is 1. The zero-order valence-electron chi connectivity index (χ0n) is 15.3. The first-order valence-corrected chi connectivity index (χ1v) is 9.18. The highest BCUT2D eigenvalue weighted by Crippen LogP contribution is 2.24. The van der Waals surface area contributed by atoms with E-state index in [-0.39, 0.29) is 23.3 Å². The second-order valence-corrected chi connectivity index (χ2v) is 6.79. The van der Waals surface area contributed by atoms with Crippen LogP contribution in [0, 0.1) is 17.0 Å². The van der Waals surface area contributed by atoms with Crippen LogP contribution in [0.5, 0.6) is 5.75 Å². The maximum Gasteiger partial charge on any atom is 0.288 e. The second-order valence-electron chi connectivity index (χ2n) is 6.79. The predicted molar refractivity (Wildman–Crippen MR) is 101 cm³/mol. The van der Waals surface area contributed by atoms with Crippen LogP contribution in [0.3, 0.4) is 0 Å². The standard InChI is InChI=1S/C20H23N3O4/c1-14-19(11-16(13-21-14)23(25)26)20(24)22-12-15-6-5-9-18(10-15)27-17-7-3-2-4-8-17/h5-6,9-11,13,17H,2-4,7-8,12H2,1H3,(H,22,24). The molecular formula is C20H23N3O4. The average Bonchev–Trinajstić information content (AvgIpc) is 2.67. The fraction of sp³-hybridized carbons (Fsp3) is 0.400. The number of pyridine rings is 1. The van der Waals surface area contributed by atoms with Crippen molar-refractivity contribution in [2.45, 2.75) is 51.7 Å². The molecule has 1 fully saturated rings. The molecule has 1 aromatic carbocycles. The Labute approximate surface area is 157 Å². The largest absolute Gasteiger partial charge is 0.490 e. The van der Waals surface area contributed by atoms with E-state index in [1.54, 1.807) is 6.92 Å². The molecule has 0 spiro atoms. The summed E-state index contributed by atoms with van der Waals surface area (Å²) < 4.78 is 6.05. The van der Waals surface area contributed by atoms with Gasteiger partial charge in [0.2, 0.25) is 0 Å². The van der Waals surface area contributed by atoms with Gasteiger partial charge in [-0.25, -0.2) is 0 Å². The van der Waals surface area contributed by atoms with Gasteiger partial charge in [-0.2, -0.15) is 0 Å². The maximum absolute atomic E-state index is 12.4. The summed E-state index contributed by atoms with van der Waals surface area (Å²) in [5, 5.41) is 13.7. The Morgan fingerprint density at radius 1 is 1.30 bits per heavy atom. The molecule has 142 valence electrons. The van der Waals surface area contributed by atoms with Crippen molar-refractivity contribution in [1.29, 1.82) is 0 Å². The molecule has 3 rings (SSSR count). The van der Waals surface area contributed by atoms with E-state index in [0.717, 1.165) is 30.4 Å². The summed E-state index contributed by atoms with van der Waals surface area (Å²) >= 11 is 0. The molecule has 0 radical (unpaired) electrons. The molecule has 1 amide bonds. The molecule has 1 aromatic heterocycles. The van der Waals surface area contributed by atoms with Crippen LogP contribution in [0.15, 0.2) is 36.5 Å². The van der Waals surface area contributed by atoms with Gasteiger partial charge in [-0.05, 0) is 50.3 Å². The van der Waals surface area contributed by atoms with Crippen molar-refractivity contribution in [3.63, 3.8) is 0 Å². The van der Waals surface area contributed by atoms with Crippen molar-refractivity contribution >= 4 is 11.6 Å². The van der Waals surface area contributed by atoms with Gasteiger partial charge >= 0.3 is 0 Å². The zero-order valence-corrected chi connectivity index (χ0v) is 15.3. The predicted octanol–water partition coefficient (Wildman–Crippen LogP) is 3.94. The van der Waals surface area contributed by atoms with Gasteiger partial charge in [0.15, 0.2) is 0 Å². The van der Waals surface area contributed by atoms with Gasteiger partial charge in [0, 0.05) is 12.6 Å². The van der Waals surface area contributed by atoms with Gasteiger partial charge in [-0.3, -0.25) is 19.9 Å². The summed E-state index contributed by atoms with van der Waals surface area (Å²) in [4.78, 5) is 26.7. The topological polar surface area (TPSA) is 94.4 Å². The third-order valence-electron chi connectivity index (χ3n) is 4.73. The lowest BCUT2D eigenvalue weighted by Gasteiger charge is -2.23. The van der Waals surface area contributed by atoms with E-state index < -0.39 is 4.92 Å². The quantitative estimate of drug-likeness (QED) is 0.615. The van der Waals surface area contributed by atoms with Crippen LogP contribution in [0.25, 0.3) is 0 Å². The lowest BCUT2D eigenvalue weighted by molar-refractivity contribution is -0.385. The molecule has 0 bridgehead atoms. The van der Waals surface area contributed by atoms with Gasteiger partial charge in [-0.1, -0.05) is 18.6 Å². The number of aromatic nitrogens is 1. The first-order chi connectivity index (χ1) is 13.0. The maximum atomic E-state index is 12.4. The number of rotatable bonds is 6. The number of nitrogens with one attached hydrogen (secondary N) is 1. The Morgan fingerprint density at radius 3 is 2.81 bits per heavy atom. The Kier molecular flexibility index (Phi) is 6.01. The van der Waals surface area contributed by atoms with Crippen molar-refractivity contribution < 1.29 is 14.5 Å². The molecule has 7 nitrogen and oxygen atoms in total. The monoisotopic (exact) mass is 369 g/mol. The van der Waals surface area contributed by atoms with E-state index in [1.165, 1.54) is 25.3 Å². The highest BCUT2D eigenvalue weighted by Gasteiger charge is 2.17. The Bertz CT molecular complexity index is 832. The number of aryl methyl sites for hydroxylation is 1. The molecule has 0 saturated heterocycles. The summed E-state index contributed by atoms with van der Waals surface area (Å²) in [5.41, 5.74) is 1.37. The molecule has 0 atom stereocenters. The summed E-state index contributed by atoms with van der Waals surface area (Å²) in [6.07, 6.45) is 7.27. The number of carbonyl (C=O) groups is 1. The molecule has 7 heteroatoms. The summed E-state index contributed by atoms with van der Waals surface area (Å²) in [5.74, 6) is 0.421. The van der Waals surface area contributed by atoms with E-state index >= 15 is 0 Å². The number of nitro groups is 1.